The van der Waals surface area contributed by atoms with Crippen LogP contribution < -0.4 is 10.1 Å². The summed E-state index contributed by atoms with van der Waals surface area (Å²) in [6.45, 7) is 8.45. The Morgan fingerprint density at radius 3 is 2.43 bits per heavy atom. The van der Waals surface area contributed by atoms with E-state index < -0.39 is 11.9 Å². The first-order chi connectivity index (χ1) is 13.2. The van der Waals surface area contributed by atoms with Crippen molar-refractivity contribution < 1.29 is 28.9 Å². The number of carboxylic acids is 2. The molecule has 0 aromatic heterocycles. The van der Waals surface area contributed by atoms with Crippen molar-refractivity contribution in [2.45, 2.75) is 32.9 Å². The quantitative estimate of drug-likeness (QED) is 0.580. The molecule has 2 rings (SSSR count). The van der Waals surface area contributed by atoms with E-state index in [1.165, 1.54) is 18.6 Å². The minimum atomic E-state index is -1.26. The summed E-state index contributed by atoms with van der Waals surface area (Å²) in [5.41, 5.74) is 1.06. The van der Waals surface area contributed by atoms with E-state index in [4.69, 9.17) is 14.9 Å². The topological polar surface area (TPSA) is 99.1 Å². The van der Waals surface area contributed by atoms with Gasteiger partial charge in [0.05, 0.1) is 7.11 Å². The van der Waals surface area contributed by atoms with Gasteiger partial charge in [-0.3, -0.25) is 4.90 Å². The second-order valence-electron chi connectivity index (χ2n) is 6.94. The van der Waals surface area contributed by atoms with Crippen molar-refractivity contribution in [3.05, 3.63) is 41.7 Å². The van der Waals surface area contributed by atoms with Gasteiger partial charge in [-0.15, -0.1) is 0 Å². The maximum absolute atomic E-state index is 13.3. The smallest absolute Gasteiger partial charge is 0.328 e. The molecule has 1 saturated heterocycles. The molecule has 1 aromatic rings. The van der Waals surface area contributed by atoms with Gasteiger partial charge in [-0.1, -0.05) is 19.9 Å². The minimum absolute atomic E-state index is 0.247. The van der Waals surface area contributed by atoms with Crippen LogP contribution in [0.2, 0.25) is 0 Å². The third-order valence-electron chi connectivity index (χ3n) is 4.14. The first-order valence-corrected chi connectivity index (χ1v) is 9.14. The SMILES string of the molecule is COc1cc(F)ccc1CN(CC(C)C)[C@H]1CCNC1.O=C(O)/C=C/C(=O)O. The van der Waals surface area contributed by atoms with Crippen molar-refractivity contribution in [2.24, 2.45) is 5.92 Å². The normalized spacial score (nSPS) is 16.3. The molecule has 7 nitrogen and oxygen atoms in total. The van der Waals surface area contributed by atoms with Gasteiger partial charge in [0.25, 0.3) is 0 Å². The fourth-order valence-electron chi connectivity index (χ4n) is 2.97. The second-order valence-corrected chi connectivity index (χ2v) is 6.94. The Morgan fingerprint density at radius 1 is 1.32 bits per heavy atom. The van der Waals surface area contributed by atoms with Gasteiger partial charge in [0.1, 0.15) is 11.6 Å². The number of ether oxygens (including phenoxy) is 1. The number of hydrogen-bond donors (Lipinski definition) is 3. The van der Waals surface area contributed by atoms with E-state index in [1.54, 1.807) is 7.11 Å². The first-order valence-electron chi connectivity index (χ1n) is 9.14. The summed E-state index contributed by atoms with van der Waals surface area (Å²) in [7, 11) is 1.60. The average Bonchev–Trinajstić information content (AvgIpc) is 3.15. The third-order valence-corrected chi connectivity index (χ3v) is 4.14. The van der Waals surface area contributed by atoms with Crippen LogP contribution in [-0.2, 0) is 16.1 Å². The van der Waals surface area contributed by atoms with E-state index in [2.05, 4.69) is 24.1 Å². The summed E-state index contributed by atoms with van der Waals surface area (Å²) in [4.78, 5) is 21.6. The summed E-state index contributed by atoms with van der Waals surface area (Å²) in [6.07, 6.45) is 2.29. The molecule has 8 heteroatoms. The van der Waals surface area contributed by atoms with Crippen molar-refractivity contribution in [3.8, 4) is 5.75 Å². The van der Waals surface area contributed by atoms with E-state index in [-0.39, 0.29) is 5.82 Å². The lowest BCUT2D eigenvalue weighted by atomic mass is 10.1. The standard InChI is InChI=1S/C16H25FN2O.C4H4O4/c1-12(2)10-19(15-6-7-18-9-15)11-13-4-5-14(17)8-16(13)20-3;5-3(6)1-2-4(7)8/h4-5,8,12,15,18H,6-7,9-11H2,1-3H3;1-2H,(H,5,6)(H,7,8)/b;2-1+/t15-;/m0./s1. The summed E-state index contributed by atoms with van der Waals surface area (Å²) in [5, 5.41) is 19.0. The Kier molecular flexibility index (Phi) is 10.2. The van der Waals surface area contributed by atoms with Gasteiger partial charge in [0.2, 0.25) is 0 Å². The van der Waals surface area contributed by atoms with Crippen LogP contribution in [0.4, 0.5) is 4.39 Å². The van der Waals surface area contributed by atoms with Crippen molar-refractivity contribution in [2.75, 3.05) is 26.7 Å². The molecule has 1 heterocycles. The molecule has 0 bridgehead atoms. The predicted octanol–water partition coefficient (Wildman–Crippen LogP) is 2.37. The molecule has 3 N–H and O–H groups in total. The van der Waals surface area contributed by atoms with Crippen LogP contribution >= 0.6 is 0 Å². The zero-order valence-corrected chi connectivity index (χ0v) is 16.5. The van der Waals surface area contributed by atoms with Gasteiger partial charge < -0.3 is 20.3 Å². The van der Waals surface area contributed by atoms with Crippen molar-refractivity contribution in [1.29, 1.82) is 0 Å². The van der Waals surface area contributed by atoms with Gasteiger partial charge in [0.15, 0.2) is 0 Å². The molecular weight excluding hydrogens is 367 g/mol. The first kappa shape index (κ1) is 23.6. The lowest BCUT2D eigenvalue weighted by Gasteiger charge is -2.30. The fourth-order valence-corrected chi connectivity index (χ4v) is 2.97. The number of methoxy groups -OCH3 is 1. The minimum Gasteiger partial charge on any atom is -0.496 e. The molecule has 0 radical (unpaired) electrons. The molecule has 0 amide bonds. The fraction of sp³-hybridized carbons (Fsp3) is 0.500. The molecule has 0 aliphatic carbocycles. The highest BCUT2D eigenvalue weighted by molar-refractivity contribution is 5.89. The Morgan fingerprint density at radius 2 is 1.96 bits per heavy atom. The summed E-state index contributed by atoms with van der Waals surface area (Å²) >= 11 is 0. The molecule has 28 heavy (non-hydrogen) atoms. The van der Waals surface area contributed by atoms with Crippen LogP contribution in [0, 0.1) is 11.7 Å². The highest BCUT2D eigenvalue weighted by atomic mass is 19.1. The molecule has 1 aliphatic heterocycles. The van der Waals surface area contributed by atoms with E-state index >= 15 is 0 Å². The molecule has 0 unspecified atom stereocenters. The molecule has 1 aliphatic rings. The van der Waals surface area contributed by atoms with Crippen molar-refractivity contribution in [1.82, 2.24) is 10.2 Å². The molecule has 156 valence electrons. The third kappa shape index (κ3) is 8.96. The lowest BCUT2D eigenvalue weighted by Crippen LogP contribution is -2.38. The second kappa shape index (κ2) is 12.1. The number of nitrogens with one attached hydrogen (secondary N) is 1. The van der Waals surface area contributed by atoms with Gasteiger partial charge >= 0.3 is 11.9 Å². The predicted molar refractivity (Wildman–Crippen MR) is 104 cm³/mol. The Balaban J connectivity index is 0.000000416. The molecular formula is C20H29FN2O5. The maximum Gasteiger partial charge on any atom is 0.328 e. The van der Waals surface area contributed by atoms with Gasteiger partial charge in [-0.2, -0.15) is 0 Å². The molecule has 1 aromatic carbocycles. The van der Waals surface area contributed by atoms with Crippen LogP contribution in [0.25, 0.3) is 0 Å². The number of halogens is 1. The van der Waals surface area contributed by atoms with Crippen molar-refractivity contribution in [3.63, 3.8) is 0 Å². The van der Waals surface area contributed by atoms with E-state index in [0.717, 1.165) is 31.7 Å². The Hall–Kier alpha value is -2.45. The zero-order chi connectivity index (χ0) is 21.1. The lowest BCUT2D eigenvalue weighted by molar-refractivity contribution is -0.134. The number of nitrogens with zero attached hydrogens (tertiary/aromatic N) is 1. The van der Waals surface area contributed by atoms with Gasteiger partial charge in [-0.25, -0.2) is 14.0 Å². The van der Waals surface area contributed by atoms with E-state index in [1.807, 2.05) is 6.07 Å². The number of benzene rings is 1. The van der Waals surface area contributed by atoms with Crippen LogP contribution in [0.5, 0.6) is 5.75 Å². The molecule has 1 fully saturated rings. The van der Waals surface area contributed by atoms with Crippen molar-refractivity contribution >= 4 is 11.9 Å². The van der Waals surface area contributed by atoms with Crippen LogP contribution in [0.15, 0.2) is 30.4 Å². The van der Waals surface area contributed by atoms with E-state index in [9.17, 15) is 14.0 Å². The van der Waals surface area contributed by atoms with Crippen LogP contribution in [0.3, 0.4) is 0 Å². The van der Waals surface area contributed by atoms with Crippen LogP contribution in [-0.4, -0.2) is 59.8 Å². The highest BCUT2D eigenvalue weighted by Crippen LogP contribution is 2.23. The summed E-state index contributed by atoms with van der Waals surface area (Å²) in [5.74, 6) is -1.50. The van der Waals surface area contributed by atoms with Gasteiger partial charge in [-0.05, 0) is 24.9 Å². The number of carbonyl (C=O) groups is 2. The maximum atomic E-state index is 13.3. The number of carboxylic acid groups (broad SMARTS) is 2. The Labute approximate surface area is 164 Å². The highest BCUT2D eigenvalue weighted by Gasteiger charge is 2.23. The monoisotopic (exact) mass is 396 g/mol. The summed E-state index contributed by atoms with van der Waals surface area (Å²) < 4.78 is 18.6. The molecule has 1 atom stereocenters. The number of aliphatic carboxylic acids is 2. The number of hydrogen-bond acceptors (Lipinski definition) is 5. The molecule has 0 saturated carbocycles. The van der Waals surface area contributed by atoms with E-state index in [0.29, 0.717) is 29.9 Å². The molecule has 0 spiro atoms. The number of rotatable bonds is 8. The zero-order valence-electron chi connectivity index (χ0n) is 16.5. The largest absolute Gasteiger partial charge is 0.496 e. The Bertz CT molecular complexity index is 657. The average molecular weight is 396 g/mol. The van der Waals surface area contributed by atoms with Crippen LogP contribution in [0.1, 0.15) is 25.8 Å². The summed E-state index contributed by atoms with van der Waals surface area (Å²) in [6, 6.07) is 5.38. The van der Waals surface area contributed by atoms with Gasteiger partial charge in [0, 0.05) is 49.5 Å².